The lowest BCUT2D eigenvalue weighted by Gasteiger charge is -2.11. The van der Waals surface area contributed by atoms with Crippen LogP contribution >= 0.6 is 11.6 Å². The lowest BCUT2D eigenvalue weighted by molar-refractivity contribution is 0.256. The number of rotatable bonds is 4. The summed E-state index contributed by atoms with van der Waals surface area (Å²) in [4.78, 5) is 20.4. The van der Waals surface area contributed by atoms with Crippen LogP contribution in [-0.2, 0) is 10.0 Å². The number of nitrogens with two attached hydrogens (primary N) is 1. The van der Waals surface area contributed by atoms with Crippen molar-refractivity contribution in [2.75, 3.05) is 11.1 Å². The molecule has 0 bridgehead atoms. The molecule has 0 saturated heterocycles. The summed E-state index contributed by atoms with van der Waals surface area (Å²) in [6, 6.07) is 13.2. The van der Waals surface area contributed by atoms with Crippen LogP contribution < -0.4 is 15.8 Å². The molecule has 0 saturated carbocycles. The van der Waals surface area contributed by atoms with Crippen LogP contribution in [-0.4, -0.2) is 29.0 Å². The van der Waals surface area contributed by atoms with Crippen LogP contribution in [0.4, 0.5) is 16.3 Å². The first kappa shape index (κ1) is 19.7. The molecule has 4 N–H and O–H groups in total. The summed E-state index contributed by atoms with van der Waals surface area (Å²) in [6.07, 6.45) is 3.14. The van der Waals surface area contributed by atoms with E-state index in [9.17, 15) is 13.2 Å². The van der Waals surface area contributed by atoms with Crippen LogP contribution in [0.3, 0.4) is 0 Å². The number of aromatic nitrogens is 3. The van der Waals surface area contributed by atoms with E-state index in [1.54, 1.807) is 35.0 Å². The molecule has 152 valence electrons. The van der Waals surface area contributed by atoms with Gasteiger partial charge in [-0.3, -0.25) is 0 Å². The highest BCUT2D eigenvalue weighted by atomic mass is 35.5. The molecule has 0 atom stereocenters. The molecule has 2 amide bonds. The van der Waals surface area contributed by atoms with Crippen molar-refractivity contribution < 1.29 is 13.2 Å². The molecule has 9 nitrogen and oxygen atoms in total. The number of sulfonamides is 1. The Morgan fingerprint density at radius 3 is 2.60 bits per heavy atom. The number of fused-ring (bicyclic) bond motifs is 1. The Morgan fingerprint density at radius 2 is 1.83 bits per heavy atom. The molecule has 2 aromatic carbocycles. The molecule has 4 rings (SSSR count). The summed E-state index contributed by atoms with van der Waals surface area (Å²) in [5, 5.41) is 3.60. The van der Waals surface area contributed by atoms with Crippen LogP contribution in [0.15, 0.2) is 72.0 Å². The Bertz CT molecular complexity index is 1350. The predicted molar refractivity (Wildman–Crippen MR) is 114 cm³/mol. The van der Waals surface area contributed by atoms with Gasteiger partial charge in [0.1, 0.15) is 17.8 Å². The molecular weight excluding hydrogens is 428 g/mol. The quantitative estimate of drug-likeness (QED) is 0.444. The Hall–Kier alpha value is -3.63. The number of carbonyl (C=O) groups excluding carboxylic acids is 1. The van der Waals surface area contributed by atoms with Crippen LogP contribution in [0.5, 0.6) is 0 Å². The normalized spacial score (nSPS) is 11.4. The topological polar surface area (TPSA) is 132 Å². The minimum absolute atomic E-state index is 0.0770. The van der Waals surface area contributed by atoms with Gasteiger partial charge in [-0.1, -0.05) is 17.7 Å². The summed E-state index contributed by atoms with van der Waals surface area (Å²) < 4.78 is 28.4. The molecular formula is C19H15ClN6O3S. The first-order chi connectivity index (χ1) is 14.3. The van der Waals surface area contributed by atoms with Gasteiger partial charge in [-0.25, -0.2) is 27.9 Å². The zero-order chi connectivity index (χ0) is 21.3. The van der Waals surface area contributed by atoms with E-state index in [0.717, 1.165) is 0 Å². The van der Waals surface area contributed by atoms with Gasteiger partial charge in [-0.05, 0) is 48.5 Å². The third-order valence-electron chi connectivity index (χ3n) is 4.25. The van der Waals surface area contributed by atoms with Gasteiger partial charge in [0.25, 0.3) is 10.0 Å². The van der Waals surface area contributed by atoms with Gasteiger partial charge in [-0.15, -0.1) is 0 Å². The molecule has 2 aromatic heterocycles. The number of halogens is 1. The Labute approximate surface area is 176 Å². The van der Waals surface area contributed by atoms with Crippen molar-refractivity contribution in [2.24, 2.45) is 0 Å². The molecule has 0 spiro atoms. The van der Waals surface area contributed by atoms with Gasteiger partial charge in [-0.2, -0.15) is 0 Å². The van der Waals surface area contributed by atoms with Crippen molar-refractivity contribution >= 4 is 50.2 Å². The van der Waals surface area contributed by atoms with Crippen molar-refractivity contribution in [2.45, 2.75) is 4.90 Å². The molecule has 0 unspecified atom stereocenters. The number of hydrogen-bond donors (Lipinski definition) is 3. The lowest BCUT2D eigenvalue weighted by atomic mass is 10.2. The second-order valence-electron chi connectivity index (χ2n) is 6.25. The largest absolute Gasteiger partial charge is 0.383 e. The second-order valence-corrected chi connectivity index (χ2v) is 8.36. The highest BCUT2D eigenvalue weighted by molar-refractivity contribution is 7.90. The predicted octanol–water partition coefficient (Wildman–Crippen LogP) is 3.17. The van der Waals surface area contributed by atoms with Crippen molar-refractivity contribution in [1.29, 1.82) is 0 Å². The van der Waals surface area contributed by atoms with Gasteiger partial charge in [0.05, 0.1) is 10.3 Å². The Kier molecular flexibility index (Phi) is 5.02. The van der Waals surface area contributed by atoms with Crippen molar-refractivity contribution in [3.63, 3.8) is 0 Å². The van der Waals surface area contributed by atoms with E-state index in [2.05, 4.69) is 15.3 Å². The van der Waals surface area contributed by atoms with E-state index in [0.29, 0.717) is 33.2 Å². The highest BCUT2D eigenvalue weighted by Gasteiger charge is 2.18. The number of benzene rings is 2. The van der Waals surface area contributed by atoms with Gasteiger partial charge in [0, 0.05) is 22.6 Å². The zero-order valence-electron chi connectivity index (χ0n) is 15.3. The smallest absolute Gasteiger partial charge is 0.333 e. The molecule has 0 aliphatic rings. The van der Waals surface area contributed by atoms with Crippen LogP contribution in [0.2, 0.25) is 5.02 Å². The molecule has 0 fully saturated rings. The average molecular weight is 443 g/mol. The van der Waals surface area contributed by atoms with Gasteiger partial charge in [0.15, 0.2) is 0 Å². The fourth-order valence-corrected chi connectivity index (χ4v) is 3.90. The van der Waals surface area contributed by atoms with E-state index in [-0.39, 0.29) is 4.90 Å². The maximum Gasteiger partial charge on any atom is 0.333 e. The molecule has 4 aromatic rings. The van der Waals surface area contributed by atoms with Gasteiger partial charge in [0.2, 0.25) is 0 Å². The molecule has 2 heterocycles. The third kappa shape index (κ3) is 3.91. The standard InChI is InChI=1S/C19H15ClN6O3S/c20-12-4-6-15(7-5-12)30(28,29)25-19(27)24-13-2-1-3-14(10-13)26-9-8-16-17(21)22-11-23-18(16)26/h1-11H,(H2,21,22,23)(H2,24,25,27). The van der Waals surface area contributed by atoms with E-state index in [1.807, 2.05) is 10.8 Å². The Balaban J connectivity index is 1.55. The van der Waals surface area contributed by atoms with Crippen molar-refractivity contribution in [1.82, 2.24) is 19.3 Å². The first-order valence-corrected chi connectivity index (χ1v) is 10.5. The van der Waals surface area contributed by atoms with E-state index < -0.39 is 16.1 Å². The summed E-state index contributed by atoms with van der Waals surface area (Å²) in [6.45, 7) is 0. The van der Waals surface area contributed by atoms with Crippen molar-refractivity contribution in [3.05, 3.63) is 72.1 Å². The minimum Gasteiger partial charge on any atom is -0.383 e. The lowest BCUT2D eigenvalue weighted by Crippen LogP contribution is -2.34. The van der Waals surface area contributed by atoms with Gasteiger partial charge < -0.3 is 15.6 Å². The van der Waals surface area contributed by atoms with Crippen LogP contribution in [0.1, 0.15) is 0 Å². The number of nitrogen functional groups attached to an aromatic ring is 1. The monoisotopic (exact) mass is 442 g/mol. The molecule has 0 aliphatic carbocycles. The fourth-order valence-electron chi connectivity index (χ4n) is 2.86. The first-order valence-electron chi connectivity index (χ1n) is 8.61. The number of carbonyl (C=O) groups is 1. The number of nitrogens with zero attached hydrogens (tertiary/aromatic N) is 3. The number of hydrogen-bond acceptors (Lipinski definition) is 6. The summed E-state index contributed by atoms with van der Waals surface area (Å²) in [5.41, 5.74) is 7.56. The Morgan fingerprint density at radius 1 is 1.07 bits per heavy atom. The van der Waals surface area contributed by atoms with E-state index in [1.165, 1.54) is 30.6 Å². The fraction of sp³-hybridized carbons (Fsp3) is 0. The summed E-state index contributed by atoms with van der Waals surface area (Å²) in [5.74, 6) is 0.361. The molecule has 0 aliphatic heterocycles. The van der Waals surface area contributed by atoms with Gasteiger partial charge >= 0.3 is 6.03 Å². The number of anilines is 2. The molecule has 30 heavy (non-hydrogen) atoms. The summed E-state index contributed by atoms with van der Waals surface area (Å²) >= 11 is 5.77. The number of nitrogens with one attached hydrogen (secondary N) is 2. The zero-order valence-corrected chi connectivity index (χ0v) is 16.9. The molecule has 0 radical (unpaired) electrons. The number of amides is 2. The average Bonchev–Trinajstić information content (AvgIpc) is 3.13. The van der Waals surface area contributed by atoms with Crippen molar-refractivity contribution in [3.8, 4) is 5.69 Å². The number of urea groups is 1. The van der Waals surface area contributed by atoms with E-state index in [4.69, 9.17) is 17.3 Å². The van der Waals surface area contributed by atoms with Crippen LogP contribution in [0, 0.1) is 0 Å². The highest BCUT2D eigenvalue weighted by Crippen LogP contribution is 2.23. The maximum absolute atomic E-state index is 12.3. The van der Waals surface area contributed by atoms with E-state index >= 15 is 0 Å². The summed E-state index contributed by atoms with van der Waals surface area (Å²) in [7, 11) is -4.04. The molecule has 11 heteroatoms. The maximum atomic E-state index is 12.3. The minimum atomic E-state index is -4.04. The second kappa shape index (κ2) is 7.65. The third-order valence-corrected chi connectivity index (χ3v) is 5.84. The SMILES string of the molecule is Nc1ncnc2c1ccn2-c1cccc(NC(=O)NS(=O)(=O)c2ccc(Cl)cc2)c1. The van der Waals surface area contributed by atoms with Crippen LogP contribution in [0.25, 0.3) is 16.7 Å².